The van der Waals surface area contributed by atoms with Crippen LogP contribution in [0.2, 0.25) is 10.0 Å². The smallest absolute Gasteiger partial charge is 0.0595 e. The van der Waals surface area contributed by atoms with E-state index in [1.807, 2.05) is 6.07 Å². The highest BCUT2D eigenvalue weighted by Gasteiger charge is 2.45. The summed E-state index contributed by atoms with van der Waals surface area (Å²) in [6.45, 7) is 0. The van der Waals surface area contributed by atoms with Gasteiger partial charge >= 0.3 is 0 Å². The SMILES string of the molecule is CN1C2CC[C@@H]1[C@H](CBr)[C@@H](c1ccc(Cl)c(Cl)c1)C2. The minimum absolute atomic E-state index is 0.600. The first-order chi connectivity index (χ1) is 9.11. The second-order valence-electron chi connectivity index (χ2n) is 5.80. The Hall–Kier alpha value is 0.240. The molecule has 4 atom stereocenters. The van der Waals surface area contributed by atoms with E-state index in [0.29, 0.717) is 27.9 Å². The maximum Gasteiger partial charge on any atom is 0.0595 e. The first-order valence-electron chi connectivity index (χ1n) is 6.84. The molecule has 0 aliphatic carbocycles. The molecular formula is C15H18BrCl2N. The average molecular weight is 363 g/mol. The summed E-state index contributed by atoms with van der Waals surface area (Å²) in [6, 6.07) is 7.59. The van der Waals surface area contributed by atoms with Crippen LogP contribution < -0.4 is 0 Å². The number of nitrogens with zero attached hydrogens (tertiary/aromatic N) is 1. The van der Waals surface area contributed by atoms with Crippen molar-refractivity contribution in [2.24, 2.45) is 5.92 Å². The second kappa shape index (κ2) is 5.55. The molecule has 0 radical (unpaired) electrons. The Balaban J connectivity index is 1.93. The normalized spacial score (nSPS) is 34.7. The maximum atomic E-state index is 6.19. The van der Waals surface area contributed by atoms with Crippen molar-refractivity contribution in [3.05, 3.63) is 33.8 Å². The largest absolute Gasteiger partial charge is 0.300 e. The van der Waals surface area contributed by atoms with Gasteiger partial charge in [0.25, 0.3) is 0 Å². The predicted octanol–water partition coefficient (Wildman–Crippen LogP) is 4.95. The third-order valence-electron chi connectivity index (χ3n) is 4.98. The van der Waals surface area contributed by atoms with Crippen LogP contribution in [0.1, 0.15) is 30.7 Å². The van der Waals surface area contributed by atoms with Crippen LogP contribution in [0.4, 0.5) is 0 Å². The number of halogens is 3. The molecule has 1 aromatic rings. The van der Waals surface area contributed by atoms with Crippen LogP contribution >= 0.6 is 39.1 Å². The Kier molecular flexibility index (Phi) is 4.15. The number of alkyl halides is 1. The highest BCUT2D eigenvalue weighted by molar-refractivity contribution is 9.09. The average Bonchev–Trinajstić information content (AvgIpc) is 2.65. The summed E-state index contributed by atoms with van der Waals surface area (Å²) in [7, 11) is 2.28. The van der Waals surface area contributed by atoms with E-state index in [9.17, 15) is 0 Å². The molecule has 3 rings (SSSR count). The van der Waals surface area contributed by atoms with Gasteiger partial charge < -0.3 is 4.90 Å². The number of benzene rings is 1. The number of hydrogen-bond acceptors (Lipinski definition) is 1. The molecule has 19 heavy (non-hydrogen) atoms. The quantitative estimate of drug-likeness (QED) is 0.672. The zero-order valence-electron chi connectivity index (χ0n) is 11.0. The van der Waals surface area contributed by atoms with Gasteiger partial charge in [-0.2, -0.15) is 0 Å². The van der Waals surface area contributed by atoms with Gasteiger partial charge in [-0.1, -0.05) is 45.2 Å². The first kappa shape index (κ1) is 14.2. The minimum atomic E-state index is 0.600. The molecule has 2 bridgehead atoms. The van der Waals surface area contributed by atoms with Crippen molar-refractivity contribution in [2.45, 2.75) is 37.3 Å². The summed E-state index contributed by atoms with van der Waals surface area (Å²) >= 11 is 15.9. The lowest BCUT2D eigenvalue weighted by Gasteiger charge is -2.42. The zero-order valence-corrected chi connectivity index (χ0v) is 14.0. The van der Waals surface area contributed by atoms with Gasteiger partial charge in [-0.3, -0.25) is 0 Å². The molecule has 1 unspecified atom stereocenters. The lowest BCUT2D eigenvalue weighted by Crippen LogP contribution is -2.46. The van der Waals surface area contributed by atoms with Gasteiger partial charge in [0, 0.05) is 17.4 Å². The molecule has 0 saturated carbocycles. The van der Waals surface area contributed by atoms with Gasteiger partial charge in [-0.05, 0) is 55.8 Å². The molecule has 1 nitrogen and oxygen atoms in total. The van der Waals surface area contributed by atoms with Crippen molar-refractivity contribution in [1.29, 1.82) is 0 Å². The first-order valence-corrected chi connectivity index (χ1v) is 8.72. The summed E-state index contributed by atoms with van der Waals surface area (Å²) in [4.78, 5) is 2.58. The summed E-state index contributed by atoms with van der Waals surface area (Å²) in [5.41, 5.74) is 1.35. The number of hydrogen-bond donors (Lipinski definition) is 0. The molecule has 2 fully saturated rings. The fraction of sp³-hybridized carbons (Fsp3) is 0.600. The van der Waals surface area contributed by atoms with E-state index in [0.717, 1.165) is 11.4 Å². The third-order valence-corrected chi connectivity index (χ3v) is 6.47. The van der Waals surface area contributed by atoms with Crippen LogP contribution in [-0.4, -0.2) is 29.4 Å². The van der Waals surface area contributed by atoms with Gasteiger partial charge in [0.1, 0.15) is 0 Å². The highest BCUT2D eigenvalue weighted by atomic mass is 79.9. The molecule has 2 heterocycles. The van der Waals surface area contributed by atoms with Gasteiger partial charge in [0.05, 0.1) is 10.0 Å². The number of rotatable bonds is 2. The summed E-state index contributed by atoms with van der Waals surface area (Å²) in [6.07, 6.45) is 3.90. The lowest BCUT2D eigenvalue weighted by molar-refractivity contribution is 0.113. The Labute approximate surface area is 133 Å². The molecule has 104 valence electrons. The molecular weight excluding hydrogens is 345 g/mol. The molecule has 1 aromatic carbocycles. The van der Waals surface area contributed by atoms with Crippen LogP contribution in [0.15, 0.2) is 18.2 Å². The number of piperidine rings is 1. The van der Waals surface area contributed by atoms with Crippen molar-refractivity contribution < 1.29 is 0 Å². The highest BCUT2D eigenvalue weighted by Crippen LogP contribution is 2.47. The van der Waals surface area contributed by atoms with Crippen molar-refractivity contribution in [3.63, 3.8) is 0 Å². The van der Waals surface area contributed by atoms with Crippen LogP contribution in [-0.2, 0) is 0 Å². The van der Waals surface area contributed by atoms with E-state index < -0.39 is 0 Å². The van der Waals surface area contributed by atoms with Crippen molar-refractivity contribution >= 4 is 39.1 Å². The lowest BCUT2D eigenvalue weighted by atomic mass is 9.77. The molecule has 4 heteroatoms. The Morgan fingerprint density at radius 1 is 1.26 bits per heavy atom. The standard InChI is InChI=1S/C15H18BrCl2N/c1-19-10-3-5-15(19)12(8-16)11(7-10)9-2-4-13(17)14(18)6-9/h2,4,6,10-12,15H,3,5,7-8H2,1H3/t10?,11-,12-,15-/m1/s1. The summed E-state index contributed by atoms with van der Waals surface area (Å²) < 4.78 is 0. The van der Waals surface area contributed by atoms with E-state index in [2.05, 4.69) is 40.0 Å². The second-order valence-corrected chi connectivity index (χ2v) is 7.26. The molecule has 2 saturated heterocycles. The van der Waals surface area contributed by atoms with Crippen molar-refractivity contribution in [2.75, 3.05) is 12.4 Å². The maximum absolute atomic E-state index is 6.19. The fourth-order valence-corrected chi connectivity index (χ4v) is 5.10. The summed E-state index contributed by atoms with van der Waals surface area (Å²) in [5, 5.41) is 2.38. The molecule has 0 aromatic heterocycles. The van der Waals surface area contributed by atoms with E-state index in [4.69, 9.17) is 23.2 Å². The van der Waals surface area contributed by atoms with Crippen molar-refractivity contribution in [1.82, 2.24) is 4.90 Å². The predicted molar refractivity (Wildman–Crippen MR) is 85.7 cm³/mol. The Bertz CT molecular complexity index is 479. The molecule has 0 amide bonds. The monoisotopic (exact) mass is 361 g/mol. The van der Waals surface area contributed by atoms with E-state index in [-0.39, 0.29) is 0 Å². The van der Waals surface area contributed by atoms with Crippen molar-refractivity contribution in [3.8, 4) is 0 Å². The fourth-order valence-electron chi connectivity index (χ4n) is 3.91. The number of fused-ring (bicyclic) bond motifs is 2. The van der Waals surface area contributed by atoms with Crippen LogP contribution in [0.25, 0.3) is 0 Å². The Morgan fingerprint density at radius 3 is 2.74 bits per heavy atom. The molecule has 0 N–H and O–H groups in total. The van der Waals surface area contributed by atoms with Gasteiger partial charge in [-0.15, -0.1) is 0 Å². The Morgan fingerprint density at radius 2 is 2.05 bits per heavy atom. The summed E-state index contributed by atoms with van der Waals surface area (Å²) in [5.74, 6) is 1.27. The van der Waals surface area contributed by atoms with Gasteiger partial charge in [0.15, 0.2) is 0 Å². The van der Waals surface area contributed by atoms with E-state index >= 15 is 0 Å². The molecule has 2 aliphatic rings. The zero-order chi connectivity index (χ0) is 13.6. The van der Waals surface area contributed by atoms with Gasteiger partial charge in [-0.25, -0.2) is 0 Å². The van der Waals surface area contributed by atoms with E-state index in [1.54, 1.807) is 0 Å². The third kappa shape index (κ3) is 2.46. The molecule has 2 aliphatic heterocycles. The molecule has 0 spiro atoms. The minimum Gasteiger partial charge on any atom is -0.300 e. The van der Waals surface area contributed by atoms with Gasteiger partial charge in [0.2, 0.25) is 0 Å². The van der Waals surface area contributed by atoms with Crippen LogP contribution in [0, 0.1) is 5.92 Å². The topological polar surface area (TPSA) is 3.24 Å². The van der Waals surface area contributed by atoms with Crippen LogP contribution in [0.3, 0.4) is 0 Å². The van der Waals surface area contributed by atoms with E-state index in [1.165, 1.54) is 24.8 Å². The van der Waals surface area contributed by atoms with Crippen LogP contribution in [0.5, 0.6) is 0 Å².